The summed E-state index contributed by atoms with van der Waals surface area (Å²) in [6, 6.07) is 4.26. The molecule has 0 aliphatic carbocycles. The minimum absolute atomic E-state index is 0.354. The fraction of sp³-hybridized carbons (Fsp3) is 0.600. The highest BCUT2D eigenvalue weighted by atomic mass is 19.1. The summed E-state index contributed by atoms with van der Waals surface area (Å²) in [7, 11) is 0. The monoisotopic (exact) mass is 255 g/mol. The first-order chi connectivity index (χ1) is 8.40. The first-order valence-electron chi connectivity index (χ1n) is 6.57. The summed E-state index contributed by atoms with van der Waals surface area (Å²) in [6.07, 6.45) is 0.642. The highest BCUT2D eigenvalue weighted by molar-refractivity contribution is 5.19. The van der Waals surface area contributed by atoms with Crippen molar-refractivity contribution in [2.75, 3.05) is 6.54 Å². The average Bonchev–Trinajstić information content (AvgIpc) is 2.26. The van der Waals surface area contributed by atoms with Gasteiger partial charge < -0.3 is 5.32 Å². The predicted octanol–water partition coefficient (Wildman–Crippen LogP) is 3.78. The molecule has 3 heteroatoms. The van der Waals surface area contributed by atoms with Gasteiger partial charge in [0.2, 0.25) is 0 Å². The third-order valence-electron chi connectivity index (χ3n) is 3.23. The van der Waals surface area contributed by atoms with Crippen LogP contribution < -0.4 is 5.32 Å². The van der Waals surface area contributed by atoms with Gasteiger partial charge in [-0.05, 0) is 36.4 Å². The molecule has 0 amide bonds. The number of halogens is 2. The van der Waals surface area contributed by atoms with E-state index in [9.17, 15) is 8.78 Å². The minimum Gasteiger partial charge on any atom is -0.314 e. The van der Waals surface area contributed by atoms with Crippen molar-refractivity contribution in [2.24, 2.45) is 11.8 Å². The molecule has 1 rings (SSSR count). The fourth-order valence-electron chi connectivity index (χ4n) is 1.90. The highest BCUT2D eigenvalue weighted by Gasteiger charge is 2.16. The Morgan fingerprint density at radius 2 is 1.78 bits per heavy atom. The van der Waals surface area contributed by atoms with Crippen LogP contribution in [0.5, 0.6) is 0 Å². The number of hydrogen-bond donors (Lipinski definition) is 1. The Bertz CT molecular complexity index is 375. The van der Waals surface area contributed by atoms with Gasteiger partial charge in [0.1, 0.15) is 11.6 Å². The van der Waals surface area contributed by atoms with Gasteiger partial charge in [-0.25, -0.2) is 8.78 Å². The molecular formula is C15H23F2N. The molecule has 102 valence electrons. The zero-order valence-electron chi connectivity index (χ0n) is 11.6. The molecule has 0 saturated carbocycles. The van der Waals surface area contributed by atoms with Crippen molar-refractivity contribution >= 4 is 0 Å². The Hall–Kier alpha value is -0.960. The summed E-state index contributed by atoms with van der Waals surface area (Å²) in [5, 5.41) is 3.38. The van der Waals surface area contributed by atoms with Gasteiger partial charge >= 0.3 is 0 Å². The van der Waals surface area contributed by atoms with E-state index in [0.717, 1.165) is 12.6 Å². The molecule has 1 N–H and O–H groups in total. The molecular weight excluding hydrogens is 232 g/mol. The first-order valence-corrected chi connectivity index (χ1v) is 6.57. The second-order valence-electron chi connectivity index (χ2n) is 5.51. The Morgan fingerprint density at radius 3 is 2.28 bits per heavy atom. The topological polar surface area (TPSA) is 12.0 Å². The standard InChI is InChI=1S/C15H23F2N/c1-10(2)13(9-18-11(3)4)7-12-5-6-14(16)8-15(12)17/h5-6,8,10-11,13,18H,7,9H2,1-4H3. The van der Waals surface area contributed by atoms with Gasteiger partial charge in [-0.2, -0.15) is 0 Å². The van der Waals surface area contributed by atoms with Crippen molar-refractivity contribution in [3.8, 4) is 0 Å². The molecule has 0 heterocycles. The van der Waals surface area contributed by atoms with E-state index in [1.807, 2.05) is 0 Å². The molecule has 1 atom stereocenters. The molecule has 0 saturated heterocycles. The molecule has 1 aromatic rings. The van der Waals surface area contributed by atoms with Gasteiger partial charge in [0, 0.05) is 12.1 Å². The lowest BCUT2D eigenvalue weighted by Gasteiger charge is -2.23. The SMILES string of the molecule is CC(C)NCC(Cc1ccc(F)cc1F)C(C)C. The van der Waals surface area contributed by atoms with Crippen LogP contribution in [0.25, 0.3) is 0 Å². The van der Waals surface area contributed by atoms with Crippen LogP contribution in [-0.2, 0) is 6.42 Å². The van der Waals surface area contributed by atoms with Gasteiger partial charge in [0.15, 0.2) is 0 Å². The zero-order chi connectivity index (χ0) is 13.7. The lowest BCUT2D eigenvalue weighted by Crippen LogP contribution is -2.32. The lowest BCUT2D eigenvalue weighted by atomic mass is 9.89. The Kier molecular flexibility index (Phi) is 5.73. The summed E-state index contributed by atoms with van der Waals surface area (Å²) in [6.45, 7) is 9.31. The van der Waals surface area contributed by atoms with Gasteiger partial charge in [0.05, 0.1) is 0 Å². The van der Waals surface area contributed by atoms with Crippen LogP contribution in [0.15, 0.2) is 18.2 Å². The fourth-order valence-corrected chi connectivity index (χ4v) is 1.90. The summed E-state index contributed by atoms with van der Waals surface area (Å²) in [5.41, 5.74) is 0.598. The second kappa shape index (κ2) is 6.83. The van der Waals surface area contributed by atoms with Crippen LogP contribution in [0.3, 0.4) is 0 Å². The Labute approximate surface area is 109 Å². The molecule has 0 bridgehead atoms. The van der Waals surface area contributed by atoms with Crippen molar-refractivity contribution < 1.29 is 8.78 Å². The third kappa shape index (κ3) is 4.73. The average molecular weight is 255 g/mol. The maximum atomic E-state index is 13.6. The van der Waals surface area contributed by atoms with E-state index in [-0.39, 0.29) is 0 Å². The smallest absolute Gasteiger partial charge is 0.129 e. The molecule has 0 spiro atoms. The van der Waals surface area contributed by atoms with E-state index in [4.69, 9.17) is 0 Å². The molecule has 0 aromatic heterocycles. The van der Waals surface area contributed by atoms with E-state index in [1.165, 1.54) is 6.07 Å². The van der Waals surface area contributed by atoms with Gasteiger partial charge in [-0.15, -0.1) is 0 Å². The number of nitrogens with one attached hydrogen (secondary N) is 1. The summed E-state index contributed by atoms with van der Waals surface area (Å²) in [5.74, 6) is -0.143. The third-order valence-corrected chi connectivity index (χ3v) is 3.23. The Morgan fingerprint density at radius 1 is 1.11 bits per heavy atom. The van der Waals surface area contributed by atoms with Gasteiger partial charge in [-0.1, -0.05) is 33.8 Å². The summed E-state index contributed by atoms with van der Waals surface area (Å²) >= 11 is 0. The van der Waals surface area contributed by atoms with E-state index in [1.54, 1.807) is 6.07 Å². The van der Waals surface area contributed by atoms with Crippen molar-refractivity contribution in [3.63, 3.8) is 0 Å². The van der Waals surface area contributed by atoms with Gasteiger partial charge in [0.25, 0.3) is 0 Å². The van der Waals surface area contributed by atoms with Crippen LogP contribution in [0.4, 0.5) is 8.78 Å². The van der Waals surface area contributed by atoms with Crippen molar-refractivity contribution in [2.45, 2.75) is 40.2 Å². The van der Waals surface area contributed by atoms with Crippen molar-refractivity contribution in [1.29, 1.82) is 0 Å². The molecule has 1 nitrogen and oxygen atoms in total. The van der Waals surface area contributed by atoms with Crippen LogP contribution in [0, 0.1) is 23.5 Å². The summed E-state index contributed by atoms with van der Waals surface area (Å²) in [4.78, 5) is 0. The number of benzene rings is 1. The van der Waals surface area contributed by atoms with Crippen LogP contribution in [0.2, 0.25) is 0 Å². The predicted molar refractivity (Wildman–Crippen MR) is 71.5 cm³/mol. The van der Waals surface area contributed by atoms with Crippen molar-refractivity contribution in [1.82, 2.24) is 5.32 Å². The molecule has 0 aliphatic heterocycles. The largest absolute Gasteiger partial charge is 0.314 e. The number of hydrogen-bond acceptors (Lipinski definition) is 1. The molecule has 0 aliphatic rings. The lowest BCUT2D eigenvalue weighted by molar-refractivity contribution is 0.345. The highest BCUT2D eigenvalue weighted by Crippen LogP contribution is 2.19. The molecule has 1 aromatic carbocycles. The molecule has 1 unspecified atom stereocenters. The molecule has 0 fully saturated rings. The molecule has 0 radical (unpaired) electrons. The maximum Gasteiger partial charge on any atom is 0.129 e. The van der Waals surface area contributed by atoms with E-state index >= 15 is 0 Å². The zero-order valence-corrected chi connectivity index (χ0v) is 11.6. The van der Waals surface area contributed by atoms with Crippen LogP contribution in [-0.4, -0.2) is 12.6 Å². The number of rotatable bonds is 6. The van der Waals surface area contributed by atoms with E-state index in [0.29, 0.717) is 29.9 Å². The summed E-state index contributed by atoms with van der Waals surface area (Å²) < 4.78 is 26.5. The minimum atomic E-state index is -0.516. The van der Waals surface area contributed by atoms with Gasteiger partial charge in [-0.3, -0.25) is 0 Å². The van der Waals surface area contributed by atoms with Crippen molar-refractivity contribution in [3.05, 3.63) is 35.4 Å². The van der Waals surface area contributed by atoms with Crippen LogP contribution >= 0.6 is 0 Å². The first kappa shape index (κ1) is 15.1. The van der Waals surface area contributed by atoms with Crippen LogP contribution in [0.1, 0.15) is 33.3 Å². The second-order valence-corrected chi connectivity index (χ2v) is 5.51. The molecule has 18 heavy (non-hydrogen) atoms. The normalized spacial score (nSPS) is 13.3. The van der Waals surface area contributed by atoms with E-state index < -0.39 is 11.6 Å². The Balaban J connectivity index is 2.70. The van der Waals surface area contributed by atoms with E-state index in [2.05, 4.69) is 33.0 Å². The maximum absolute atomic E-state index is 13.6. The quantitative estimate of drug-likeness (QED) is 0.815.